The lowest BCUT2D eigenvalue weighted by Gasteiger charge is -2.16. The van der Waals surface area contributed by atoms with E-state index in [-0.39, 0.29) is 11.9 Å². The molecule has 8 heteroatoms. The van der Waals surface area contributed by atoms with Crippen LogP contribution in [0.25, 0.3) is 22.1 Å². The number of carbonyl (C=O) groups is 1. The number of nitrogens with zero attached hydrogens (tertiary/aromatic N) is 4. The second-order valence-electron chi connectivity index (χ2n) is 7.88. The van der Waals surface area contributed by atoms with Crippen molar-refractivity contribution in [1.82, 2.24) is 24.8 Å². The number of ether oxygens (including phenoxy) is 1. The van der Waals surface area contributed by atoms with Gasteiger partial charge in [0.05, 0.1) is 23.1 Å². The summed E-state index contributed by atoms with van der Waals surface area (Å²) in [4.78, 5) is 26.5. The SMILES string of the molecule is CCCCC(CC)NC(=O)c1cc(-c2csc(-c3cnccn3)n2)n(CCCOC)c1C. The third-order valence-electron chi connectivity index (χ3n) is 5.62. The number of rotatable bonds is 12. The number of hydrogen-bond acceptors (Lipinski definition) is 6. The predicted molar refractivity (Wildman–Crippen MR) is 129 cm³/mol. The summed E-state index contributed by atoms with van der Waals surface area (Å²) >= 11 is 1.53. The van der Waals surface area contributed by atoms with E-state index in [0.29, 0.717) is 12.2 Å². The Labute approximate surface area is 194 Å². The Bertz CT molecular complexity index is 999. The van der Waals surface area contributed by atoms with Crippen LogP contribution in [0.15, 0.2) is 30.0 Å². The second-order valence-corrected chi connectivity index (χ2v) is 8.73. The normalized spacial score (nSPS) is 12.1. The highest BCUT2D eigenvalue weighted by atomic mass is 32.1. The molecule has 172 valence electrons. The van der Waals surface area contributed by atoms with Crippen molar-refractivity contribution in [2.75, 3.05) is 13.7 Å². The molecule has 0 saturated heterocycles. The molecule has 1 amide bonds. The quantitative estimate of drug-likeness (QED) is 0.384. The molecule has 0 spiro atoms. The van der Waals surface area contributed by atoms with Crippen LogP contribution < -0.4 is 5.32 Å². The van der Waals surface area contributed by atoms with Crippen LogP contribution in [0.2, 0.25) is 0 Å². The fourth-order valence-corrected chi connectivity index (χ4v) is 4.53. The Morgan fingerprint density at radius 2 is 2.09 bits per heavy atom. The van der Waals surface area contributed by atoms with E-state index in [1.165, 1.54) is 11.3 Å². The van der Waals surface area contributed by atoms with Gasteiger partial charge in [-0.05, 0) is 32.3 Å². The van der Waals surface area contributed by atoms with Crippen LogP contribution in [0.5, 0.6) is 0 Å². The van der Waals surface area contributed by atoms with E-state index in [0.717, 1.165) is 66.4 Å². The number of unbranched alkanes of at least 4 members (excludes halogenated alkanes) is 1. The van der Waals surface area contributed by atoms with Crippen molar-refractivity contribution in [2.45, 2.75) is 65.5 Å². The highest BCUT2D eigenvalue weighted by Crippen LogP contribution is 2.31. The lowest BCUT2D eigenvalue weighted by atomic mass is 10.1. The van der Waals surface area contributed by atoms with Crippen LogP contribution in [0.3, 0.4) is 0 Å². The standard InChI is InChI=1S/C24H33N5O2S/c1-5-7-9-18(6-2)27-23(30)19-14-22(29(17(19)3)12-8-13-31-4)21-16-32-24(28-21)20-15-25-10-11-26-20/h10-11,14-16,18H,5-9,12-13H2,1-4H3,(H,27,30). The molecule has 3 aromatic rings. The van der Waals surface area contributed by atoms with Crippen molar-refractivity contribution >= 4 is 17.2 Å². The first-order valence-electron chi connectivity index (χ1n) is 11.3. The van der Waals surface area contributed by atoms with E-state index in [1.54, 1.807) is 25.7 Å². The molecular weight excluding hydrogens is 422 g/mol. The number of carbonyl (C=O) groups excluding carboxylic acids is 1. The first kappa shape index (κ1) is 24.1. The molecule has 0 bridgehead atoms. The van der Waals surface area contributed by atoms with E-state index >= 15 is 0 Å². The van der Waals surface area contributed by atoms with Gasteiger partial charge in [0.25, 0.3) is 5.91 Å². The molecule has 0 aliphatic rings. The fraction of sp³-hybridized carbons (Fsp3) is 0.500. The molecule has 1 unspecified atom stereocenters. The van der Waals surface area contributed by atoms with Crippen molar-refractivity contribution in [3.63, 3.8) is 0 Å². The molecule has 7 nitrogen and oxygen atoms in total. The summed E-state index contributed by atoms with van der Waals surface area (Å²) in [5, 5.41) is 6.07. The zero-order valence-electron chi connectivity index (χ0n) is 19.4. The summed E-state index contributed by atoms with van der Waals surface area (Å²) < 4.78 is 7.43. The van der Waals surface area contributed by atoms with Crippen molar-refractivity contribution < 1.29 is 9.53 Å². The van der Waals surface area contributed by atoms with Gasteiger partial charge >= 0.3 is 0 Å². The first-order valence-corrected chi connectivity index (χ1v) is 12.2. The lowest BCUT2D eigenvalue weighted by molar-refractivity contribution is 0.0932. The largest absolute Gasteiger partial charge is 0.385 e. The summed E-state index contributed by atoms with van der Waals surface area (Å²) in [6.07, 6.45) is 10.1. The van der Waals surface area contributed by atoms with Gasteiger partial charge in [0.15, 0.2) is 0 Å². The molecule has 0 fully saturated rings. The molecule has 3 rings (SSSR count). The molecular formula is C24H33N5O2S. The monoisotopic (exact) mass is 455 g/mol. The second kappa shape index (κ2) is 11.9. The zero-order chi connectivity index (χ0) is 22.9. The molecule has 0 aliphatic heterocycles. The van der Waals surface area contributed by atoms with Crippen molar-refractivity contribution in [1.29, 1.82) is 0 Å². The number of hydrogen-bond donors (Lipinski definition) is 1. The Morgan fingerprint density at radius 1 is 1.25 bits per heavy atom. The maximum atomic E-state index is 13.2. The Balaban J connectivity index is 1.91. The summed E-state index contributed by atoms with van der Waals surface area (Å²) in [5.74, 6) is -0.0124. The smallest absolute Gasteiger partial charge is 0.253 e. The van der Waals surface area contributed by atoms with Crippen molar-refractivity contribution in [3.05, 3.63) is 41.3 Å². The van der Waals surface area contributed by atoms with Crippen LogP contribution in [0.4, 0.5) is 0 Å². The molecule has 1 N–H and O–H groups in total. The average Bonchev–Trinajstić information content (AvgIpc) is 3.42. The number of thiazole rings is 1. The third kappa shape index (κ3) is 5.81. The topological polar surface area (TPSA) is 81.9 Å². The van der Waals surface area contributed by atoms with E-state index in [4.69, 9.17) is 9.72 Å². The van der Waals surface area contributed by atoms with E-state index < -0.39 is 0 Å². The molecule has 3 heterocycles. The lowest BCUT2D eigenvalue weighted by Crippen LogP contribution is -2.34. The van der Waals surface area contributed by atoms with Gasteiger partial charge in [-0.3, -0.25) is 14.8 Å². The van der Waals surface area contributed by atoms with Gasteiger partial charge in [0.1, 0.15) is 10.7 Å². The minimum atomic E-state index is -0.0124. The van der Waals surface area contributed by atoms with Gasteiger partial charge in [-0.25, -0.2) is 4.98 Å². The summed E-state index contributed by atoms with van der Waals surface area (Å²) in [7, 11) is 1.71. The van der Waals surface area contributed by atoms with Gasteiger partial charge < -0.3 is 14.6 Å². The summed E-state index contributed by atoms with van der Waals surface area (Å²) in [6, 6.07) is 2.17. The van der Waals surface area contributed by atoms with Crippen LogP contribution in [-0.4, -0.2) is 45.2 Å². The van der Waals surface area contributed by atoms with Crippen LogP contribution in [-0.2, 0) is 11.3 Å². The number of methoxy groups -OCH3 is 1. The molecule has 0 aromatic carbocycles. The highest BCUT2D eigenvalue weighted by molar-refractivity contribution is 7.13. The number of aromatic nitrogens is 4. The molecule has 0 aliphatic carbocycles. The minimum absolute atomic E-state index is 0.0124. The third-order valence-corrected chi connectivity index (χ3v) is 6.49. The molecule has 32 heavy (non-hydrogen) atoms. The Kier molecular flexibility index (Phi) is 8.93. The minimum Gasteiger partial charge on any atom is -0.385 e. The molecule has 1 atom stereocenters. The van der Waals surface area contributed by atoms with Crippen molar-refractivity contribution in [2.24, 2.45) is 0 Å². The van der Waals surface area contributed by atoms with E-state index in [9.17, 15) is 4.79 Å². The fourth-order valence-electron chi connectivity index (χ4n) is 3.75. The Hall–Kier alpha value is -2.58. The van der Waals surface area contributed by atoms with Gasteiger partial charge in [-0.2, -0.15) is 0 Å². The zero-order valence-corrected chi connectivity index (χ0v) is 20.2. The average molecular weight is 456 g/mol. The van der Waals surface area contributed by atoms with E-state index in [2.05, 4.69) is 33.7 Å². The van der Waals surface area contributed by atoms with Crippen LogP contribution >= 0.6 is 11.3 Å². The maximum Gasteiger partial charge on any atom is 0.253 e. The summed E-state index contributed by atoms with van der Waals surface area (Å²) in [5.41, 5.74) is 4.19. The van der Waals surface area contributed by atoms with Crippen LogP contribution in [0.1, 0.15) is 62.0 Å². The van der Waals surface area contributed by atoms with Gasteiger partial charge in [-0.1, -0.05) is 26.7 Å². The number of amides is 1. The molecule has 0 radical (unpaired) electrons. The van der Waals surface area contributed by atoms with Gasteiger partial charge in [0.2, 0.25) is 0 Å². The molecule has 0 saturated carbocycles. The first-order chi connectivity index (χ1) is 15.6. The van der Waals surface area contributed by atoms with Crippen LogP contribution in [0, 0.1) is 6.92 Å². The van der Waals surface area contributed by atoms with Crippen molar-refractivity contribution in [3.8, 4) is 22.1 Å². The van der Waals surface area contributed by atoms with Gasteiger partial charge in [0, 0.05) is 49.8 Å². The maximum absolute atomic E-state index is 13.2. The Morgan fingerprint density at radius 3 is 2.78 bits per heavy atom. The van der Waals surface area contributed by atoms with Gasteiger partial charge in [-0.15, -0.1) is 11.3 Å². The highest BCUT2D eigenvalue weighted by Gasteiger charge is 2.22. The molecule has 3 aromatic heterocycles. The van der Waals surface area contributed by atoms with E-state index in [1.807, 2.05) is 18.4 Å². The summed E-state index contributed by atoms with van der Waals surface area (Å²) in [6.45, 7) is 7.73. The predicted octanol–water partition coefficient (Wildman–Crippen LogP) is 5.11. The number of nitrogens with one attached hydrogen (secondary N) is 1.